The number of hydrogen-bond donors (Lipinski definition) is 2. The van der Waals surface area contributed by atoms with Gasteiger partial charge < -0.3 is 15.4 Å². The minimum atomic E-state index is -0.418. The van der Waals surface area contributed by atoms with Gasteiger partial charge in [0.05, 0.1) is 6.61 Å². The zero-order valence-corrected chi connectivity index (χ0v) is 15.9. The molecule has 1 aromatic heterocycles. The molecule has 0 unspecified atom stereocenters. The summed E-state index contributed by atoms with van der Waals surface area (Å²) < 4.78 is 5.37. The normalized spacial score (nSPS) is 10.2. The monoisotopic (exact) mass is 395 g/mol. The van der Waals surface area contributed by atoms with E-state index < -0.39 is 11.8 Å². The Morgan fingerprint density at radius 2 is 1.36 bits per heavy atom. The molecule has 2 aromatic carbocycles. The number of carbonyl (C=O) groups is 2. The molecular weight excluding hydrogens is 378 g/mol. The van der Waals surface area contributed by atoms with Crippen molar-refractivity contribution in [1.29, 1.82) is 0 Å². The van der Waals surface area contributed by atoms with Crippen LogP contribution in [0.3, 0.4) is 0 Å². The molecule has 0 saturated carbocycles. The van der Waals surface area contributed by atoms with E-state index in [-0.39, 0.29) is 11.4 Å². The van der Waals surface area contributed by atoms with Crippen molar-refractivity contribution in [1.82, 2.24) is 4.98 Å². The Bertz CT molecular complexity index is 973. The topological polar surface area (TPSA) is 80.3 Å². The summed E-state index contributed by atoms with van der Waals surface area (Å²) in [5, 5.41) is 6.03. The van der Waals surface area contributed by atoms with Gasteiger partial charge in [-0.25, -0.2) is 4.98 Å². The molecule has 0 atom stereocenters. The van der Waals surface area contributed by atoms with E-state index in [1.807, 2.05) is 6.92 Å². The van der Waals surface area contributed by atoms with Crippen LogP contribution in [-0.4, -0.2) is 23.4 Å². The zero-order chi connectivity index (χ0) is 19.9. The summed E-state index contributed by atoms with van der Waals surface area (Å²) in [6.07, 6.45) is 0. The number of ether oxygens (including phenoxy) is 1. The fraction of sp³-hybridized carbons (Fsp3) is 0.0952. The quantitative estimate of drug-likeness (QED) is 0.637. The predicted molar refractivity (Wildman–Crippen MR) is 109 cm³/mol. The number of benzene rings is 2. The highest BCUT2D eigenvalue weighted by Crippen LogP contribution is 2.17. The van der Waals surface area contributed by atoms with Crippen molar-refractivity contribution in [2.45, 2.75) is 6.92 Å². The van der Waals surface area contributed by atoms with Gasteiger partial charge in [-0.05, 0) is 67.6 Å². The molecule has 0 radical (unpaired) electrons. The molecule has 3 aromatic rings. The number of hydrogen-bond acceptors (Lipinski definition) is 4. The Labute approximate surface area is 167 Å². The van der Waals surface area contributed by atoms with E-state index >= 15 is 0 Å². The van der Waals surface area contributed by atoms with Crippen LogP contribution in [-0.2, 0) is 0 Å². The molecule has 3 rings (SSSR count). The number of nitrogens with zero attached hydrogens (tertiary/aromatic N) is 1. The SMILES string of the molecule is CCOc1ccc(NC(=O)c2cccc(C(=O)Nc3ccc(Cl)cc3)n2)cc1. The molecule has 0 spiro atoms. The summed E-state index contributed by atoms with van der Waals surface area (Å²) in [7, 11) is 0. The number of carbonyl (C=O) groups excluding carboxylic acids is 2. The Balaban J connectivity index is 1.68. The van der Waals surface area contributed by atoms with Gasteiger partial charge in [-0.3, -0.25) is 9.59 Å². The zero-order valence-electron chi connectivity index (χ0n) is 15.1. The van der Waals surface area contributed by atoms with Crippen LogP contribution in [0.1, 0.15) is 27.9 Å². The van der Waals surface area contributed by atoms with Crippen molar-refractivity contribution in [3.05, 3.63) is 83.1 Å². The number of nitrogens with one attached hydrogen (secondary N) is 2. The summed E-state index contributed by atoms with van der Waals surface area (Å²) in [4.78, 5) is 29.0. The fourth-order valence-corrected chi connectivity index (χ4v) is 2.54. The second-order valence-electron chi connectivity index (χ2n) is 5.78. The number of amides is 2. The van der Waals surface area contributed by atoms with Crippen LogP contribution in [0.5, 0.6) is 5.75 Å². The van der Waals surface area contributed by atoms with Crippen LogP contribution in [0.25, 0.3) is 0 Å². The Morgan fingerprint density at radius 1 is 0.857 bits per heavy atom. The Morgan fingerprint density at radius 3 is 1.86 bits per heavy atom. The van der Waals surface area contributed by atoms with Crippen LogP contribution in [0.15, 0.2) is 66.7 Å². The lowest BCUT2D eigenvalue weighted by molar-refractivity contribution is 0.101. The van der Waals surface area contributed by atoms with Crippen LogP contribution in [0.4, 0.5) is 11.4 Å². The van der Waals surface area contributed by atoms with E-state index in [0.717, 1.165) is 5.75 Å². The molecule has 2 N–H and O–H groups in total. The molecule has 0 aliphatic carbocycles. The second-order valence-corrected chi connectivity index (χ2v) is 6.22. The molecule has 0 aliphatic heterocycles. The van der Waals surface area contributed by atoms with Gasteiger partial charge in [0.15, 0.2) is 0 Å². The third kappa shape index (κ3) is 5.08. The van der Waals surface area contributed by atoms with Gasteiger partial charge in [0.2, 0.25) is 0 Å². The second kappa shape index (κ2) is 9.01. The average Bonchev–Trinajstić information content (AvgIpc) is 2.71. The van der Waals surface area contributed by atoms with Crippen molar-refractivity contribution in [2.24, 2.45) is 0 Å². The van der Waals surface area contributed by atoms with E-state index in [2.05, 4.69) is 15.6 Å². The van der Waals surface area contributed by atoms with Crippen LogP contribution < -0.4 is 15.4 Å². The fourth-order valence-electron chi connectivity index (χ4n) is 2.41. The van der Waals surface area contributed by atoms with E-state index in [9.17, 15) is 9.59 Å². The first-order chi connectivity index (χ1) is 13.5. The summed E-state index contributed by atoms with van der Waals surface area (Å²) in [6.45, 7) is 2.47. The third-order valence-electron chi connectivity index (χ3n) is 3.74. The van der Waals surface area contributed by atoms with Gasteiger partial charge >= 0.3 is 0 Å². The molecule has 7 heteroatoms. The summed E-state index contributed by atoms with van der Waals surface area (Å²) >= 11 is 5.84. The Kier molecular flexibility index (Phi) is 6.24. The summed E-state index contributed by atoms with van der Waals surface area (Å²) in [6, 6.07) is 18.4. The van der Waals surface area contributed by atoms with Gasteiger partial charge in [-0.1, -0.05) is 17.7 Å². The lowest BCUT2D eigenvalue weighted by Crippen LogP contribution is -2.18. The minimum Gasteiger partial charge on any atom is -0.494 e. The van der Waals surface area contributed by atoms with Gasteiger partial charge in [-0.15, -0.1) is 0 Å². The molecule has 0 aliphatic rings. The highest BCUT2D eigenvalue weighted by atomic mass is 35.5. The first kappa shape index (κ1) is 19.4. The number of rotatable bonds is 6. The van der Waals surface area contributed by atoms with Gasteiger partial charge in [0.1, 0.15) is 17.1 Å². The van der Waals surface area contributed by atoms with E-state index in [4.69, 9.17) is 16.3 Å². The highest BCUT2D eigenvalue weighted by molar-refractivity contribution is 6.30. The lowest BCUT2D eigenvalue weighted by atomic mass is 10.2. The molecule has 28 heavy (non-hydrogen) atoms. The standard InChI is InChI=1S/C21H18ClN3O3/c1-2-28-17-12-10-16(11-13-17)24-21(27)19-5-3-4-18(25-19)20(26)23-15-8-6-14(22)7-9-15/h3-13H,2H2,1H3,(H,23,26)(H,24,27). The molecule has 0 fully saturated rings. The van der Waals surface area contributed by atoms with Gasteiger partial charge in [-0.2, -0.15) is 0 Å². The van der Waals surface area contributed by atoms with E-state index in [1.54, 1.807) is 66.7 Å². The summed E-state index contributed by atoms with van der Waals surface area (Å²) in [5.74, 6) is -0.108. The molecular formula is C21H18ClN3O3. The highest BCUT2D eigenvalue weighted by Gasteiger charge is 2.13. The van der Waals surface area contributed by atoms with E-state index in [0.29, 0.717) is 23.0 Å². The third-order valence-corrected chi connectivity index (χ3v) is 3.99. The maximum absolute atomic E-state index is 12.4. The average molecular weight is 396 g/mol. The maximum Gasteiger partial charge on any atom is 0.274 e. The number of halogens is 1. The van der Waals surface area contributed by atoms with Crippen molar-refractivity contribution >= 4 is 34.8 Å². The van der Waals surface area contributed by atoms with Crippen molar-refractivity contribution in [3.63, 3.8) is 0 Å². The van der Waals surface area contributed by atoms with Gasteiger partial charge in [0.25, 0.3) is 11.8 Å². The first-order valence-corrected chi connectivity index (χ1v) is 9.01. The van der Waals surface area contributed by atoms with Gasteiger partial charge in [0, 0.05) is 16.4 Å². The number of anilines is 2. The molecule has 142 valence electrons. The molecule has 0 saturated heterocycles. The smallest absolute Gasteiger partial charge is 0.274 e. The minimum absolute atomic E-state index is 0.134. The molecule has 6 nitrogen and oxygen atoms in total. The number of aromatic nitrogens is 1. The Hall–Kier alpha value is -3.38. The van der Waals surface area contributed by atoms with Crippen LogP contribution in [0.2, 0.25) is 5.02 Å². The molecule has 2 amide bonds. The van der Waals surface area contributed by atoms with Crippen molar-refractivity contribution in [3.8, 4) is 5.75 Å². The van der Waals surface area contributed by atoms with Crippen molar-refractivity contribution < 1.29 is 14.3 Å². The number of pyridine rings is 1. The van der Waals surface area contributed by atoms with E-state index in [1.165, 1.54) is 0 Å². The predicted octanol–water partition coefficient (Wildman–Crippen LogP) is 4.64. The molecule has 0 bridgehead atoms. The summed E-state index contributed by atoms with van der Waals surface area (Å²) in [5.41, 5.74) is 1.46. The molecule has 1 heterocycles. The lowest BCUT2D eigenvalue weighted by Gasteiger charge is -2.08. The van der Waals surface area contributed by atoms with Crippen molar-refractivity contribution in [2.75, 3.05) is 17.2 Å². The largest absolute Gasteiger partial charge is 0.494 e. The maximum atomic E-state index is 12.4. The van der Waals surface area contributed by atoms with Crippen LogP contribution >= 0.6 is 11.6 Å². The van der Waals surface area contributed by atoms with Crippen LogP contribution in [0, 0.1) is 0 Å². The first-order valence-electron chi connectivity index (χ1n) is 8.63.